The summed E-state index contributed by atoms with van der Waals surface area (Å²) in [6, 6.07) is 12.9. The van der Waals surface area contributed by atoms with E-state index in [4.69, 9.17) is 5.73 Å². The third-order valence-corrected chi connectivity index (χ3v) is 4.29. The zero-order valence-corrected chi connectivity index (χ0v) is 11.5. The van der Waals surface area contributed by atoms with Crippen LogP contribution in [0.1, 0.15) is 5.56 Å². The molecule has 0 aromatic heterocycles. The minimum Gasteiger partial charge on any atom is -0.396 e. The largest absolute Gasteiger partial charge is 0.396 e. The normalized spacial score (nSPS) is 11.4. The van der Waals surface area contributed by atoms with Crippen LogP contribution in [0.3, 0.4) is 0 Å². The Bertz CT molecular complexity index is 688. The molecule has 2 aromatic rings. The first kappa shape index (κ1) is 14.5. The second-order valence-corrected chi connectivity index (χ2v) is 6.08. The summed E-state index contributed by atoms with van der Waals surface area (Å²) >= 11 is 0. The van der Waals surface area contributed by atoms with E-state index in [0.29, 0.717) is 6.42 Å². The number of benzene rings is 2. The second kappa shape index (κ2) is 6.02. The molecule has 0 saturated heterocycles. The Balaban J connectivity index is 2.02. The van der Waals surface area contributed by atoms with E-state index in [1.54, 1.807) is 0 Å². The van der Waals surface area contributed by atoms with Crippen molar-refractivity contribution in [1.82, 2.24) is 4.72 Å². The van der Waals surface area contributed by atoms with Crippen molar-refractivity contribution in [3.8, 4) is 0 Å². The maximum atomic E-state index is 13.3. The zero-order valence-electron chi connectivity index (χ0n) is 10.7. The fraction of sp³-hybridized carbons (Fsp3) is 0.143. The van der Waals surface area contributed by atoms with Gasteiger partial charge in [-0.25, -0.2) is 17.5 Å². The van der Waals surface area contributed by atoms with Gasteiger partial charge in [0.15, 0.2) is 0 Å². The molecular formula is C14H15FN2O2S. The summed E-state index contributed by atoms with van der Waals surface area (Å²) in [5.41, 5.74) is 6.27. The van der Waals surface area contributed by atoms with Gasteiger partial charge < -0.3 is 5.73 Å². The van der Waals surface area contributed by atoms with Gasteiger partial charge in [-0.3, -0.25) is 0 Å². The van der Waals surface area contributed by atoms with Crippen molar-refractivity contribution in [1.29, 1.82) is 0 Å². The van der Waals surface area contributed by atoms with Gasteiger partial charge >= 0.3 is 0 Å². The maximum Gasteiger partial charge on any atom is 0.240 e. The summed E-state index contributed by atoms with van der Waals surface area (Å²) in [5, 5.41) is 0. The van der Waals surface area contributed by atoms with Crippen molar-refractivity contribution in [2.45, 2.75) is 11.3 Å². The Labute approximate surface area is 117 Å². The van der Waals surface area contributed by atoms with E-state index in [-0.39, 0.29) is 17.1 Å². The van der Waals surface area contributed by atoms with Crippen LogP contribution >= 0.6 is 0 Å². The number of nitrogens with one attached hydrogen (secondary N) is 1. The van der Waals surface area contributed by atoms with Gasteiger partial charge in [0.25, 0.3) is 0 Å². The summed E-state index contributed by atoms with van der Waals surface area (Å²) < 4.78 is 39.6. The van der Waals surface area contributed by atoms with E-state index in [2.05, 4.69) is 4.72 Å². The number of sulfonamides is 1. The fourth-order valence-corrected chi connectivity index (χ4v) is 2.78. The topological polar surface area (TPSA) is 72.2 Å². The molecule has 0 bridgehead atoms. The van der Waals surface area contributed by atoms with Gasteiger partial charge in [-0.15, -0.1) is 0 Å². The molecular weight excluding hydrogens is 279 g/mol. The van der Waals surface area contributed by atoms with Crippen molar-refractivity contribution < 1.29 is 12.8 Å². The minimum atomic E-state index is -3.72. The molecule has 0 aliphatic carbocycles. The number of hydrogen-bond acceptors (Lipinski definition) is 3. The van der Waals surface area contributed by atoms with Gasteiger partial charge in [0, 0.05) is 6.54 Å². The molecule has 3 N–H and O–H groups in total. The van der Waals surface area contributed by atoms with Gasteiger partial charge in [0.05, 0.1) is 10.6 Å². The lowest BCUT2D eigenvalue weighted by Crippen LogP contribution is -2.26. The monoisotopic (exact) mass is 294 g/mol. The van der Waals surface area contributed by atoms with Crippen molar-refractivity contribution in [2.24, 2.45) is 0 Å². The summed E-state index contributed by atoms with van der Waals surface area (Å²) in [7, 11) is -3.72. The Morgan fingerprint density at radius 1 is 1.10 bits per heavy atom. The average Bonchev–Trinajstić information content (AvgIpc) is 2.43. The molecule has 20 heavy (non-hydrogen) atoms. The van der Waals surface area contributed by atoms with Gasteiger partial charge in [-0.05, 0) is 30.2 Å². The molecule has 0 fully saturated rings. The van der Waals surface area contributed by atoms with Gasteiger partial charge in [-0.2, -0.15) is 0 Å². The molecule has 4 nitrogen and oxygen atoms in total. The Kier molecular flexibility index (Phi) is 4.36. The van der Waals surface area contributed by atoms with Crippen LogP contribution in [-0.4, -0.2) is 15.0 Å². The summed E-state index contributed by atoms with van der Waals surface area (Å²) in [6.07, 6.45) is 0.567. The highest BCUT2D eigenvalue weighted by Crippen LogP contribution is 2.16. The molecule has 0 heterocycles. The third kappa shape index (κ3) is 3.55. The molecule has 2 rings (SSSR count). The minimum absolute atomic E-state index is 0.0757. The molecule has 6 heteroatoms. The second-order valence-electron chi connectivity index (χ2n) is 4.32. The van der Waals surface area contributed by atoms with E-state index in [1.807, 2.05) is 30.3 Å². The quantitative estimate of drug-likeness (QED) is 0.828. The molecule has 0 saturated carbocycles. The summed E-state index contributed by atoms with van der Waals surface area (Å²) in [6.45, 7) is 0.248. The highest BCUT2D eigenvalue weighted by molar-refractivity contribution is 7.89. The van der Waals surface area contributed by atoms with Crippen molar-refractivity contribution in [3.05, 3.63) is 59.9 Å². The molecule has 106 valence electrons. The average molecular weight is 294 g/mol. The molecule has 0 aliphatic rings. The molecule has 2 aromatic carbocycles. The van der Waals surface area contributed by atoms with Crippen LogP contribution in [0.5, 0.6) is 0 Å². The van der Waals surface area contributed by atoms with Gasteiger partial charge in [-0.1, -0.05) is 30.3 Å². The van der Waals surface area contributed by atoms with Crippen LogP contribution in [-0.2, 0) is 16.4 Å². The molecule has 0 unspecified atom stereocenters. The Morgan fingerprint density at radius 3 is 2.45 bits per heavy atom. The first-order valence-corrected chi connectivity index (χ1v) is 7.56. The van der Waals surface area contributed by atoms with E-state index in [1.165, 1.54) is 12.1 Å². The lowest BCUT2D eigenvalue weighted by Gasteiger charge is -2.07. The van der Waals surface area contributed by atoms with Gasteiger partial charge in [0.2, 0.25) is 10.0 Å². The Hall–Kier alpha value is -1.92. The fourth-order valence-electron chi connectivity index (χ4n) is 1.73. The van der Waals surface area contributed by atoms with Crippen LogP contribution < -0.4 is 10.5 Å². The molecule has 0 aliphatic heterocycles. The first-order valence-electron chi connectivity index (χ1n) is 6.08. The molecule has 0 spiro atoms. The van der Waals surface area contributed by atoms with Crippen molar-refractivity contribution in [3.63, 3.8) is 0 Å². The third-order valence-electron chi connectivity index (χ3n) is 2.83. The predicted molar refractivity (Wildman–Crippen MR) is 76.1 cm³/mol. The van der Waals surface area contributed by atoms with Crippen molar-refractivity contribution in [2.75, 3.05) is 12.3 Å². The van der Waals surface area contributed by atoms with Crippen LogP contribution in [0.4, 0.5) is 10.1 Å². The Morgan fingerprint density at radius 2 is 1.80 bits per heavy atom. The van der Waals surface area contributed by atoms with E-state index in [9.17, 15) is 12.8 Å². The van der Waals surface area contributed by atoms with Crippen molar-refractivity contribution >= 4 is 15.7 Å². The number of hydrogen-bond donors (Lipinski definition) is 2. The number of rotatable bonds is 5. The SMILES string of the molecule is Nc1ccc(S(=O)(=O)NCCc2ccccc2)cc1F. The van der Waals surface area contributed by atoms with Gasteiger partial charge in [0.1, 0.15) is 5.82 Å². The lowest BCUT2D eigenvalue weighted by molar-refractivity contribution is 0.578. The molecule has 0 amide bonds. The highest BCUT2D eigenvalue weighted by atomic mass is 32.2. The number of anilines is 1. The highest BCUT2D eigenvalue weighted by Gasteiger charge is 2.15. The number of halogens is 1. The van der Waals surface area contributed by atoms with Crippen LogP contribution in [0.15, 0.2) is 53.4 Å². The zero-order chi connectivity index (χ0) is 14.6. The van der Waals surface area contributed by atoms with E-state index < -0.39 is 15.8 Å². The van der Waals surface area contributed by atoms with Crippen LogP contribution in [0.2, 0.25) is 0 Å². The number of nitrogens with two attached hydrogens (primary N) is 1. The smallest absolute Gasteiger partial charge is 0.240 e. The summed E-state index contributed by atoms with van der Waals surface area (Å²) in [4.78, 5) is -0.128. The maximum absolute atomic E-state index is 13.3. The first-order chi connectivity index (χ1) is 9.49. The standard InChI is InChI=1S/C14H15FN2O2S/c15-13-10-12(6-7-14(13)16)20(18,19)17-9-8-11-4-2-1-3-5-11/h1-7,10,17H,8-9,16H2. The predicted octanol–water partition coefficient (Wildman–Crippen LogP) is 1.93. The van der Waals surface area contributed by atoms with Crippen LogP contribution in [0.25, 0.3) is 0 Å². The lowest BCUT2D eigenvalue weighted by atomic mass is 10.2. The number of nitrogen functional groups attached to an aromatic ring is 1. The van der Waals surface area contributed by atoms with Crippen LogP contribution in [0, 0.1) is 5.82 Å². The molecule has 0 atom stereocenters. The molecule has 0 radical (unpaired) electrons. The summed E-state index contributed by atoms with van der Waals surface area (Å²) in [5.74, 6) is -0.740. The van der Waals surface area contributed by atoms with E-state index in [0.717, 1.165) is 11.6 Å². The van der Waals surface area contributed by atoms with E-state index >= 15 is 0 Å².